The number of benzodiazepines with no additional fused rings is 1. The first-order valence-corrected chi connectivity index (χ1v) is 9.58. The molecule has 5 nitrogen and oxygen atoms in total. The monoisotopic (exact) mass is 385 g/mol. The third kappa shape index (κ3) is 3.52. The van der Waals surface area contributed by atoms with Crippen LogP contribution in [0.1, 0.15) is 21.5 Å². The van der Waals surface area contributed by atoms with Crippen molar-refractivity contribution in [3.8, 4) is 5.75 Å². The van der Waals surface area contributed by atoms with Gasteiger partial charge in [-0.3, -0.25) is 9.79 Å². The molecule has 4 rings (SSSR count). The van der Waals surface area contributed by atoms with Crippen molar-refractivity contribution in [1.82, 2.24) is 0 Å². The number of ketones is 1. The van der Waals surface area contributed by atoms with Crippen LogP contribution in [0.3, 0.4) is 0 Å². The van der Waals surface area contributed by atoms with Gasteiger partial charge in [-0.15, -0.1) is 0 Å². The Bertz CT molecular complexity index is 1060. The molecule has 1 heterocycles. The maximum absolute atomic E-state index is 13.0. The van der Waals surface area contributed by atoms with E-state index < -0.39 is 6.04 Å². The number of hydrogen-bond donors (Lipinski definition) is 2. The number of likely N-dealkylation sites (N-methyl/N-ethyl adjacent to an activating group) is 1. The number of rotatable bonds is 4. The minimum Gasteiger partial charge on any atom is -0.507 e. The van der Waals surface area contributed by atoms with E-state index in [-0.39, 0.29) is 23.1 Å². The van der Waals surface area contributed by atoms with Crippen LogP contribution >= 0.6 is 0 Å². The van der Waals surface area contributed by atoms with Gasteiger partial charge in [-0.05, 0) is 18.2 Å². The Balaban J connectivity index is 1.74. The van der Waals surface area contributed by atoms with Crippen LogP contribution in [0.2, 0.25) is 0 Å². The average Bonchev–Trinajstić information content (AvgIpc) is 2.91. The molecule has 0 radical (unpaired) electrons. The molecule has 1 aliphatic heterocycles. The SMILES string of the molecule is CN1c2ccccc2C(c2ccccc2)=NCC1C(N)C(=O)c1ccccc1O. The summed E-state index contributed by atoms with van der Waals surface area (Å²) in [6.07, 6.45) is 0. The van der Waals surface area contributed by atoms with Crippen LogP contribution < -0.4 is 10.6 Å². The lowest BCUT2D eigenvalue weighted by molar-refractivity contribution is 0.0947. The maximum atomic E-state index is 13.0. The first kappa shape index (κ1) is 18.9. The zero-order chi connectivity index (χ0) is 20.4. The Morgan fingerprint density at radius 3 is 2.45 bits per heavy atom. The Morgan fingerprint density at radius 2 is 1.69 bits per heavy atom. The van der Waals surface area contributed by atoms with Crippen molar-refractivity contribution >= 4 is 17.2 Å². The van der Waals surface area contributed by atoms with Gasteiger partial charge in [0.15, 0.2) is 5.78 Å². The van der Waals surface area contributed by atoms with Crippen LogP contribution in [0, 0.1) is 0 Å². The van der Waals surface area contributed by atoms with E-state index in [9.17, 15) is 9.90 Å². The second kappa shape index (κ2) is 7.89. The minimum atomic E-state index is -0.833. The Kier molecular flexibility index (Phi) is 5.14. The Morgan fingerprint density at radius 1 is 1.03 bits per heavy atom. The highest BCUT2D eigenvalue weighted by Crippen LogP contribution is 2.29. The van der Waals surface area contributed by atoms with Crippen LogP contribution in [-0.4, -0.2) is 42.3 Å². The number of aromatic hydroxyl groups is 1. The highest BCUT2D eigenvalue weighted by atomic mass is 16.3. The maximum Gasteiger partial charge on any atom is 0.185 e. The molecule has 146 valence electrons. The summed E-state index contributed by atoms with van der Waals surface area (Å²) in [5, 5.41) is 10.1. The fourth-order valence-electron chi connectivity index (χ4n) is 3.79. The largest absolute Gasteiger partial charge is 0.507 e. The Labute approximate surface area is 170 Å². The number of nitrogens with zero attached hydrogens (tertiary/aromatic N) is 2. The summed E-state index contributed by atoms with van der Waals surface area (Å²) in [7, 11) is 1.94. The van der Waals surface area contributed by atoms with E-state index in [1.165, 1.54) is 6.07 Å². The average molecular weight is 385 g/mol. The molecule has 0 saturated carbocycles. The summed E-state index contributed by atoms with van der Waals surface area (Å²) in [5.74, 6) is -0.353. The summed E-state index contributed by atoms with van der Waals surface area (Å²) >= 11 is 0. The molecule has 2 unspecified atom stereocenters. The molecule has 0 amide bonds. The van der Waals surface area contributed by atoms with Crippen LogP contribution in [0.15, 0.2) is 83.9 Å². The number of Topliss-reactive ketones (excluding diaryl/α,β-unsaturated/α-hetero) is 1. The summed E-state index contributed by atoms with van der Waals surface area (Å²) in [5.41, 5.74) is 10.5. The van der Waals surface area contributed by atoms with E-state index in [2.05, 4.69) is 0 Å². The lowest BCUT2D eigenvalue weighted by atomic mass is 9.96. The molecule has 0 aliphatic carbocycles. The van der Waals surface area contributed by atoms with Crippen molar-refractivity contribution in [1.29, 1.82) is 0 Å². The molecule has 0 bridgehead atoms. The normalized spacial score (nSPS) is 17.1. The number of anilines is 1. The number of carbonyl (C=O) groups excluding carboxylic acids is 1. The number of fused-ring (bicyclic) bond motifs is 1. The molecular weight excluding hydrogens is 362 g/mol. The first-order chi connectivity index (χ1) is 14.1. The summed E-state index contributed by atoms with van der Waals surface area (Å²) in [4.78, 5) is 19.9. The number of phenolic OH excluding ortho intramolecular Hbond substituents is 1. The second-order valence-electron chi connectivity index (χ2n) is 7.16. The third-order valence-corrected chi connectivity index (χ3v) is 5.41. The van der Waals surface area contributed by atoms with Gasteiger partial charge in [-0.1, -0.05) is 60.7 Å². The van der Waals surface area contributed by atoms with Gasteiger partial charge in [0, 0.05) is 23.9 Å². The molecule has 0 spiro atoms. The number of benzene rings is 3. The zero-order valence-corrected chi connectivity index (χ0v) is 16.2. The van der Waals surface area contributed by atoms with E-state index in [1.807, 2.05) is 66.5 Å². The van der Waals surface area contributed by atoms with Gasteiger partial charge in [0.05, 0.1) is 29.9 Å². The van der Waals surface area contributed by atoms with Crippen molar-refractivity contribution in [2.75, 3.05) is 18.5 Å². The van der Waals surface area contributed by atoms with Crippen molar-refractivity contribution in [2.24, 2.45) is 10.7 Å². The predicted molar refractivity (Wildman–Crippen MR) is 116 cm³/mol. The summed E-state index contributed by atoms with van der Waals surface area (Å²) < 4.78 is 0. The molecule has 3 N–H and O–H groups in total. The van der Waals surface area contributed by atoms with Crippen molar-refractivity contribution < 1.29 is 9.90 Å². The number of para-hydroxylation sites is 2. The number of carbonyl (C=O) groups is 1. The molecule has 29 heavy (non-hydrogen) atoms. The molecule has 0 aromatic heterocycles. The first-order valence-electron chi connectivity index (χ1n) is 9.58. The zero-order valence-electron chi connectivity index (χ0n) is 16.2. The van der Waals surface area contributed by atoms with Gasteiger partial charge in [0.2, 0.25) is 0 Å². The Hall–Kier alpha value is -3.44. The standard InChI is InChI=1S/C24H23N3O2/c1-27-19-13-7-5-11-17(19)23(16-9-3-2-4-10-16)26-15-20(27)22(25)24(29)18-12-6-8-14-21(18)28/h2-14,20,22,28H,15,25H2,1H3. The minimum absolute atomic E-state index is 0.0573. The molecule has 3 aromatic rings. The highest BCUT2D eigenvalue weighted by molar-refractivity contribution is 6.16. The molecule has 3 aromatic carbocycles. The topological polar surface area (TPSA) is 78.9 Å². The van der Waals surface area contributed by atoms with Crippen LogP contribution in [0.25, 0.3) is 0 Å². The van der Waals surface area contributed by atoms with E-state index >= 15 is 0 Å². The highest BCUT2D eigenvalue weighted by Gasteiger charge is 2.33. The number of phenols is 1. The van der Waals surface area contributed by atoms with E-state index in [0.29, 0.717) is 6.54 Å². The van der Waals surface area contributed by atoms with Crippen molar-refractivity contribution in [2.45, 2.75) is 12.1 Å². The van der Waals surface area contributed by atoms with Gasteiger partial charge in [0.1, 0.15) is 5.75 Å². The second-order valence-corrected chi connectivity index (χ2v) is 7.16. The molecule has 2 atom stereocenters. The van der Waals surface area contributed by atoms with Crippen LogP contribution in [-0.2, 0) is 0 Å². The lowest BCUT2D eigenvalue weighted by Gasteiger charge is -2.32. The molecule has 5 heteroatoms. The van der Waals surface area contributed by atoms with Crippen LogP contribution in [0.4, 0.5) is 5.69 Å². The van der Waals surface area contributed by atoms with Gasteiger partial charge < -0.3 is 15.7 Å². The fourth-order valence-corrected chi connectivity index (χ4v) is 3.79. The number of aliphatic imine (C=N–C) groups is 1. The van der Waals surface area contributed by atoms with E-state index in [1.54, 1.807) is 18.2 Å². The van der Waals surface area contributed by atoms with Gasteiger partial charge in [-0.25, -0.2) is 0 Å². The summed E-state index contributed by atoms with van der Waals surface area (Å²) in [6.45, 7) is 0.371. The summed E-state index contributed by atoms with van der Waals surface area (Å²) in [6, 6.07) is 23.3. The van der Waals surface area contributed by atoms with E-state index in [4.69, 9.17) is 10.7 Å². The van der Waals surface area contributed by atoms with Crippen molar-refractivity contribution in [3.63, 3.8) is 0 Å². The fraction of sp³-hybridized carbons (Fsp3) is 0.167. The smallest absolute Gasteiger partial charge is 0.185 e. The quantitative estimate of drug-likeness (QED) is 0.676. The number of nitrogens with two attached hydrogens (primary N) is 1. The number of hydrogen-bond acceptors (Lipinski definition) is 5. The molecule has 1 aliphatic rings. The predicted octanol–water partition coefficient (Wildman–Crippen LogP) is 3.26. The van der Waals surface area contributed by atoms with Gasteiger partial charge in [-0.2, -0.15) is 0 Å². The van der Waals surface area contributed by atoms with E-state index in [0.717, 1.165) is 22.5 Å². The van der Waals surface area contributed by atoms with Crippen molar-refractivity contribution in [3.05, 3.63) is 95.6 Å². The lowest BCUT2D eigenvalue weighted by Crippen LogP contribution is -2.52. The van der Waals surface area contributed by atoms with Gasteiger partial charge in [0.25, 0.3) is 0 Å². The van der Waals surface area contributed by atoms with Crippen LogP contribution in [0.5, 0.6) is 5.75 Å². The molecular formula is C24H23N3O2. The van der Waals surface area contributed by atoms with Gasteiger partial charge >= 0.3 is 0 Å². The molecule has 0 saturated heterocycles. The molecule has 0 fully saturated rings. The third-order valence-electron chi connectivity index (χ3n) is 5.41.